The molecule has 34 nitrogen and oxygen atoms in total. The number of carbonyl (C=O) groups excluding carboxylic acids is 6. The second kappa shape index (κ2) is 31.3. The number of ether oxygens (including phenoxy) is 3. The van der Waals surface area contributed by atoms with Crippen LogP contribution in [0, 0.1) is 0 Å². The summed E-state index contributed by atoms with van der Waals surface area (Å²) in [6.45, 7) is -14.6. The maximum atomic E-state index is 13.5. The van der Waals surface area contributed by atoms with E-state index in [1.807, 2.05) is 0 Å². The van der Waals surface area contributed by atoms with Gasteiger partial charge in [-0.05, 0) is 6.42 Å². The number of Topliss-reactive ketones (excluding diaryl/α,β-unsaturated/α-hetero) is 1. The Labute approximate surface area is 410 Å². The van der Waals surface area contributed by atoms with Crippen molar-refractivity contribution in [2.24, 2.45) is 0 Å². The lowest BCUT2D eigenvalue weighted by Gasteiger charge is -2.34. The molecule has 0 bridgehead atoms. The smallest absolute Gasteiger partial charge is 0.322 e. The highest BCUT2D eigenvalue weighted by atomic mass is 16.5. The van der Waals surface area contributed by atoms with E-state index in [0.717, 1.165) is 12.2 Å². The van der Waals surface area contributed by atoms with Crippen molar-refractivity contribution >= 4 is 89.0 Å². The summed E-state index contributed by atoms with van der Waals surface area (Å²) in [4.78, 5) is 183. The molecule has 0 saturated carbocycles. The first-order valence-corrected chi connectivity index (χ1v) is 20.9. The first kappa shape index (κ1) is 63.0. The number of imide groups is 1. The largest absolute Gasteiger partial charge is 0.480 e. The standard InChI is InChI=1S/C39H53N7O27/c47-21(1-2-22(36(65)66)43(9-30(53)54)10-31(55)56)15-71-18-39(42-25(48)5-6-46-28(51)3-4-29(46)52,19-72-16-26(49)40-7-23(37(67)68)44(11-32(57)58)12-33(59)60)20-73-17-27(50)41-8-24(38(69)70)45(13-34(61)62)14-35(63)64/h3-4,22-24H,1-2,5-20H2,(H,40,49)(H,41,50)(H,42,48)(H,53,54)(H,55,56)(H,57,58)(H,59,60)(H,61,62)(H,63,64)(H,65,66)(H,67,68)(H,69,70). The average molecular weight is 1050 g/mol. The lowest BCUT2D eigenvalue weighted by Crippen LogP contribution is -2.59. The minimum absolute atomic E-state index is 0.494. The maximum Gasteiger partial charge on any atom is 0.322 e. The van der Waals surface area contributed by atoms with Crippen molar-refractivity contribution in [2.75, 3.05) is 98.5 Å². The number of carboxylic acids is 9. The van der Waals surface area contributed by atoms with E-state index < -0.39 is 231 Å². The predicted octanol–water partition coefficient (Wildman–Crippen LogP) is -7.44. The summed E-state index contributed by atoms with van der Waals surface area (Å²) < 4.78 is 16.5. The minimum Gasteiger partial charge on any atom is -0.480 e. The maximum absolute atomic E-state index is 13.5. The van der Waals surface area contributed by atoms with Crippen molar-refractivity contribution in [1.82, 2.24) is 35.6 Å². The van der Waals surface area contributed by atoms with Crippen LogP contribution in [0.2, 0.25) is 0 Å². The molecule has 3 unspecified atom stereocenters. The monoisotopic (exact) mass is 1050 g/mol. The molecule has 73 heavy (non-hydrogen) atoms. The van der Waals surface area contributed by atoms with Crippen LogP contribution in [-0.4, -0.2) is 277 Å². The molecule has 406 valence electrons. The zero-order chi connectivity index (χ0) is 55.6. The quantitative estimate of drug-likeness (QED) is 0.0253. The van der Waals surface area contributed by atoms with Crippen molar-refractivity contribution in [3.8, 4) is 0 Å². The SMILES string of the molecule is O=C(O)CN(CC(=O)O)C(CCC(=O)COCC(COCC(=O)NCC(C(=O)O)N(CC(=O)O)CC(=O)O)(COCC(=O)NCC(C(=O)O)N(CC(=O)O)CC(=O)O)NC(=O)CCN1C(=O)C=CC1=O)C(=O)O. The van der Waals surface area contributed by atoms with Gasteiger partial charge in [0.2, 0.25) is 17.7 Å². The van der Waals surface area contributed by atoms with E-state index in [4.69, 9.17) is 34.6 Å². The molecular formula is C39H53N7O27. The molecule has 0 aromatic heterocycles. The highest BCUT2D eigenvalue weighted by Gasteiger charge is 2.37. The summed E-state index contributed by atoms with van der Waals surface area (Å²) in [5.41, 5.74) is -2.18. The van der Waals surface area contributed by atoms with E-state index in [2.05, 4.69) is 16.0 Å². The molecule has 0 aromatic carbocycles. The molecule has 3 atom stereocenters. The molecule has 0 aliphatic carbocycles. The van der Waals surface area contributed by atoms with Crippen LogP contribution >= 0.6 is 0 Å². The van der Waals surface area contributed by atoms with Crippen molar-refractivity contribution < 1.29 is 132 Å². The molecule has 1 aliphatic heterocycles. The number of hydrogen-bond donors (Lipinski definition) is 12. The van der Waals surface area contributed by atoms with Gasteiger partial charge in [-0.15, -0.1) is 0 Å². The van der Waals surface area contributed by atoms with Gasteiger partial charge in [-0.2, -0.15) is 0 Å². The Bertz CT molecular complexity index is 1880. The van der Waals surface area contributed by atoms with Gasteiger partial charge in [0.1, 0.15) is 43.5 Å². The Morgan fingerprint density at radius 2 is 0.808 bits per heavy atom. The summed E-state index contributed by atoms with van der Waals surface area (Å²) in [5.74, 6) is -20.7. The van der Waals surface area contributed by atoms with Gasteiger partial charge in [0.25, 0.3) is 11.8 Å². The number of hydrogen-bond acceptors (Lipinski definition) is 21. The van der Waals surface area contributed by atoms with Gasteiger partial charge in [0, 0.05) is 44.6 Å². The zero-order valence-electron chi connectivity index (χ0n) is 38.3. The number of aliphatic carboxylic acids is 9. The Hall–Kier alpha value is -8.05. The van der Waals surface area contributed by atoms with Gasteiger partial charge in [-0.25, -0.2) is 0 Å². The van der Waals surface area contributed by atoms with Gasteiger partial charge < -0.3 is 76.1 Å². The summed E-state index contributed by atoms with van der Waals surface area (Å²) in [5, 5.41) is 90.6. The van der Waals surface area contributed by atoms with Crippen LogP contribution in [-0.2, 0) is 86.1 Å². The normalized spacial score (nSPS) is 14.2. The summed E-state index contributed by atoms with van der Waals surface area (Å²) in [6, 6.07) is -5.66. The Morgan fingerprint density at radius 1 is 0.479 bits per heavy atom. The van der Waals surface area contributed by atoms with Crippen LogP contribution in [0.3, 0.4) is 0 Å². The Balaban J connectivity index is 3.52. The third-order valence-corrected chi connectivity index (χ3v) is 9.62. The third kappa shape index (κ3) is 25.1. The molecule has 0 saturated heterocycles. The van der Waals surface area contributed by atoms with Crippen molar-refractivity contribution in [2.45, 2.75) is 42.9 Å². The molecule has 5 amide bonds. The van der Waals surface area contributed by atoms with Gasteiger partial charge >= 0.3 is 53.7 Å². The van der Waals surface area contributed by atoms with E-state index in [9.17, 15) is 97.5 Å². The molecule has 1 rings (SSSR count). The molecule has 1 aliphatic rings. The number of nitrogens with one attached hydrogen (secondary N) is 3. The fourth-order valence-corrected chi connectivity index (χ4v) is 6.47. The van der Waals surface area contributed by atoms with Crippen molar-refractivity contribution in [3.05, 3.63) is 12.2 Å². The minimum atomic E-state index is -2.18. The number of carboxylic acid groups (broad SMARTS) is 9. The van der Waals surface area contributed by atoms with E-state index in [1.165, 1.54) is 0 Å². The van der Waals surface area contributed by atoms with Crippen LogP contribution in [0.5, 0.6) is 0 Å². The fourth-order valence-electron chi connectivity index (χ4n) is 6.47. The molecule has 0 aromatic rings. The topological polar surface area (TPSA) is 515 Å². The number of rotatable bonds is 41. The molecule has 1 heterocycles. The highest BCUT2D eigenvalue weighted by Crippen LogP contribution is 2.14. The predicted molar refractivity (Wildman–Crippen MR) is 229 cm³/mol. The second-order valence-electron chi connectivity index (χ2n) is 15.5. The molecule has 0 spiro atoms. The molecule has 0 fully saturated rings. The van der Waals surface area contributed by atoms with Crippen LogP contribution in [0.1, 0.15) is 19.3 Å². The van der Waals surface area contributed by atoms with Gasteiger partial charge in [0.15, 0.2) is 5.78 Å². The van der Waals surface area contributed by atoms with Crippen molar-refractivity contribution in [3.63, 3.8) is 0 Å². The lowest BCUT2D eigenvalue weighted by molar-refractivity contribution is -0.152. The number of ketones is 1. The summed E-state index contributed by atoms with van der Waals surface area (Å²) in [7, 11) is 0. The number of carbonyl (C=O) groups is 15. The first-order valence-electron chi connectivity index (χ1n) is 20.9. The molecule has 0 radical (unpaired) electrons. The Kier molecular flexibility index (Phi) is 27.0. The number of amides is 5. The molecular weight excluding hydrogens is 998 g/mol. The molecule has 34 heteroatoms. The first-order chi connectivity index (χ1) is 34.1. The van der Waals surface area contributed by atoms with Crippen LogP contribution in [0.25, 0.3) is 0 Å². The van der Waals surface area contributed by atoms with Gasteiger partial charge in [0.05, 0.1) is 59.1 Å². The van der Waals surface area contributed by atoms with Crippen LogP contribution < -0.4 is 16.0 Å². The third-order valence-electron chi connectivity index (χ3n) is 9.62. The lowest BCUT2D eigenvalue weighted by atomic mass is 10.0. The van der Waals surface area contributed by atoms with E-state index >= 15 is 0 Å². The Morgan fingerprint density at radius 3 is 1.14 bits per heavy atom. The van der Waals surface area contributed by atoms with Gasteiger partial charge in [-0.1, -0.05) is 0 Å². The second-order valence-corrected chi connectivity index (χ2v) is 15.5. The van der Waals surface area contributed by atoms with E-state index in [1.54, 1.807) is 0 Å². The van der Waals surface area contributed by atoms with Crippen LogP contribution in [0.4, 0.5) is 0 Å². The highest BCUT2D eigenvalue weighted by molar-refractivity contribution is 6.13. The molecule has 12 N–H and O–H groups in total. The van der Waals surface area contributed by atoms with E-state index in [0.29, 0.717) is 19.6 Å². The van der Waals surface area contributed by atoms with Gasteiger partial charge in [-0.3, -0.25) is 91.5 Å². The van der Waals surface area contributed by atoms with Crippen molar-refractivity contribution in [1.29, 1.82) is 0 Å². The van der Waals surface area contributed by atoms with E-state index in [-0.39, 0.29) is 0 Å². The summed E-state index contributed by atoms with van der Waals surface area (Å²) >= 11 is 0. The summed E-state index contributed by atoms with van der Waals surface area (Å²) in [6.07, 6.45) is -0.193. The number of nitrogens with zero attached hydrogens (tertiary/aromatic N) is 4. The van der Waals surface area contributed by atoms with Crippen LogP contribution in [0.15, 0.2) is 12.2 Å². The average Bonchev–Trinajstić information content (AvgIpc) is 3.56. The fraction of sp³-hybridized carbons (Fsp3) is 0.564. The zero-order valence-corrected chi connectivity index (χ0v) is 38.3.